The molecule has 5 rings (SSSR count). The van der Waals surface area contributed by atoms with Gasteiger partial charge in [-0.1, -0.05) is 30.3 Å². The van der Waals surface area contributed by atoms with Gasteiger partial charge in [-0.25, -0.2) is 4.79 Å². The number of fused-ring (bicyclic) bond motifs is 3. The van der Waals surface area contributed by atoms with E-state index in [1.807, 2.05) is 35.8 Å². The van der Waals surface area contributed by atoms with Crippen LogP contribution in [0.25, 0.3) is 22.2 Å². The van der Waals surface area contributed by atoms with Crippen LogP contribution in [0.5, 0.6) is 5.75 Å². The minimum atomic E-state index is -0.615. The lowest BCUT2D eigenvalue weighted by atomic mass is 10.0. The minimum absolute atomic E-state index is 0.0388. The third-order valence-corrected chi connectivity index (χ3v) is 6.73. The van der Waals surface area contributed by atoms with Gasteiger partial charge in [-0.05, 0) is 19.9 Å². The summed E-state index contributed by atoms with van der Waals surface area (Å²) in [5.74, 6) is 0.647. The fraction of sp³-hybridized carbons (Fsp3) is 0.308. The highest BCUT2D eigenvalue weighted by molar-refractivity contribution is 5.97. The molecule has 0 radical (unpaired) electrons. The van der Waals surface area contributed by atoms with Gasteiger partial charge in [0.15, 0.2) is 0 Å². The van der Waals surface area contributed by atoms with Crippen molar-refractivity contribution in [2.75, 3.05) is 13.2 Å². The van der Waals surface area contributed by atoms with Gasteiger partial charge in [0.25, 0.3) is 11.2 Å². The molecule has 0 fully saturated rings. The molecular weight excluding hydrogens is 464 g/mol. The number of nitro benzene ring substituents is 1. The molecule has 0 N–H and O–H groups in total. The number of hydrogen-bond donors (Lipinski definition) is 0. The molecule has 4 aromatic rings. The lowest BCUT2D eigenvalue weighted by Gasteiger charge is -2.28. The van der Waals surface area contributed by atoms with Crippen molar-refractivity contribution in [1.29, 1.82) is 0 Å². The van der Waals surface area contributed by atoms with Crippen LogP contribution in [0.2, 0.25) is 0 Å². The molecule has 0 aliphatic carbocycles. The van der Waals surface area contributed by atoms with Crippen molar-refractivity contribution in [2.24, 2.45) is 14.1 Å². The zero-order chi connectivity index (χ0) is 25.7. The normalized spacial score (nSPS) is 15.2. The van der Waals surface area contributed by atoms with E-state index in [0.717, 1.165) is 10.1 Å². The lowest BCUT2D eigenvalue weighted by Crippen LogP contribution is -2.37. The summed E-state index contributed by atoms with van der Waals surface area (Å²) >= 11 is 0. The van der Waals surface area contributed by atoms with Gasteiger partial charge in [0, 0.05) is 43.4 Å². The van der Waals surface area contributed by atoms with Gasteiger partial charge in [0.2, 0.25) is 0 Å². The first-order valence-corrected chi connectivity index (χ1v) is 11.7. The summed E-state index contributed by atoms with van der Waals surface area (Å²) in [4.78, 5) is 37.8. The van der Waals surface area contributed by atoms with E-state index in [9.17, 15) is 19.7 Å². The Labute approximate surface area is 206 Å². The number of aromatic nitrogens is 3. The van der Waals surface area contributed by atoms with E-state index in [1.54, 1.807) is 26.1 Å². The van der Waals surface area contributed by atoms with Gasteiger partial charge < -0.3 is 14.0 Å². The maximum Gasteiger partial charge on any atom is 0.331 e. The van der Waals surface area contributed by atoms with Crippen LogP contribution in [0.3, 0.4) is 0 Å². The predicted molar refractivity (Wildman–Crippen MR) is 135 cm³/mol. The van der Waals surface area contributed by atoms with Crippen LogP contribution in [0.1, 0.15) is 29.8 Å². The number of aryl methyl sites for hydroxylation is 2. The highest BCUT2D eigenvalue weighted by atomic mass is 16.6. The van der Waals surface area contributed by atoms with Gasteiger partial charge in [0.05, 0.1) is 40.4 Å². The van der Waals surface area contributed by atoms with E-state index in [-0.39, 0.29) is 5.69 Å². The van der Waals surface area contributed by atoms with Crippen molar-refractivity contribution in [3.8, 4) is 17.0 Å². The van der Waals surface area contributed by atoms with E-state index in [4.69, 9.17) is 9.47 Å². The number of nitrogens with zero attached hydrogens (tertiary/aromatic N) is 4. The molecular formula is C26H26N4O6. The zero-order valence-corrected chi connectivity index (χ0v) is 20.5. The highest BCUT2D eigenvalue weighted by Gasteiger charge is 2.34. The summed E-state index contributed by atoms with van der Waals surface area (Å²) in [6.45, 7) is 4.78. The van der Waals surface area contributed by atoms with Crippen LogP contribution in [-0.4, -0.2) is 31.8 Å². The molecule has 10 nitrogen and oxygen atoms in total. The molecule has 1 aliphatic heterocycles. The molecule has 0 saturated heterocycles. The number of ether oxygens (including phenoxy) is 2. The van der Waals surface area contributed by atoms with Crippen molar-refractivity contribution < 1.29 is 14.4 Å². The van der Waals surface area contributed by atoms with Gasteiger partial charge in [-0.15, -0.1) is 0 Å². The quantitative estimate of drug-likeness (QED) is 0.313. The predicted octanol–water partition coefficient (Wildman–Crippen LogP) is 3.44. The fourth-order valence-corrected chi connectivity index (χ4v) is 5.05. The van der Waals surface area contributed by atoms with Crippen LogP contribution >= 0.6 is 0 Å². The van der Waals surface area contributed by atoms with Crippen molar-refractivity contribution in [3.63, 3.8) is 0 Å². The van der Waals surface area contributed by atoms with E-state index in [0.29, 0.717) is 58.9 Å². The van der Waals surface area contributed by atoms with Crippen molar-refractivity contribution in [1.82, 2.24) is 13.7 Å². The SMILES string of the molecule is CCOc1ccccc1[C@H]1OCCn2c(-c3ccc(C)c([N+](=O)[O-])c3)c3c(=O)n(C)c(=O)n(C)c3c21. The molecule has 10 heteroatoms. The molecule has 0 bridgehead atoms. The third-order valence-electron chi connectivity index (χ3n) is 6.73. The first-order valence-electron chi connectivity index (χ1n) is 11.7. The van der Waals surface area contributed by atoms with Crippen LogP contribution in [0.4, 0.5) is 5.69 Å². The first kappa shape index (κ1) is 23.6. The number of para-hydroxylation sites is 1. The Morgan fingerprint density at radius 2 is 1.89 bits per heavy atom. The van der Waals surface area contributed by atoms with E-state index in [2.05, 4.69) is 0 Å². The van der Waals surface area contributed by atoms with E-state index >= 15 is 0 Å². The second-order valence-electron chi connectivity index (χ2n) is 8.79. The Kier molecular flexibility index (Phi) is 5.76. The Hall–Kier alpha value is -4.18. The number of rotatable bonds is 5. The second kappa shape index (κ2) is 8.80. The van der Waals surface area contributed by atoms with Crippen LogP contribution in [0.15, 0.2) is 52.1 Å². The highest BCUT2D eigenvalue weighted by Crippen LogP contribution is 2.43. The average molecular weight is 491 g/mol. The number of hydrogen-bond acceptors (Lipinski definition) is 6. The number of nitro groups is 1. The summed E-state index contributed by atoms with van der Waals surface area (Å²) in [6.07, 6.45) is -0.615. The summed E-state index contributed by atoms with van der Waals surface area (Å²) in [5, 5.41) is 12.0. The fourth-order valence-electron chi connectivity index (χ4n) is 5.05. The first-order chi connectivity index (χ1) is 17.3. The van der Waals surface area contributed by atoms with Crippen LogP contribution in [0, 0.1) is 17.0 Å². The average Bonchev–Trinajstić information content (AvgIpc) is 3.22. The van der Waals surface area contributed by atoms with Gasteiger partial charge in [-0.3, -0.25) is 24.0 Å². The largest absolute Gasteiger partial charge is 0.493 e. The second-order valence-corrected chi connectivity index (χ2v) is 8.79. The third kappa shape index (κ3) is 3.44. The Morgan fingerprint density at radius 1 is 1.14 bits per heavy atom. The maximum absolute atomic E-state index is 13.5. The lowest BCUT2D eigenvalue weighted by molar-refractivity contribution is -0.385. The molecule has 186 valence electrons. The van der Waals surface area contributed by atoms with Crippen LogP contribution in [-0.2, 0) is 25.4 Å². The summed E-state index contributed by atoms with van der Waals surface area (Å²) in [5.41, 5.74) is 2.45. The van der Waals surface area contributed by atoms with Gasteiger partial charge in [0.1, 0.15) is 11.9 Å². The van der Waals surface area contributed by atoms with Gasteiger partial charge in [-0.2, -0.15) is 0 Å². The Bertz CT molecular complexity index is 1650. The van der Waals surface area contributed by atoms with E-state index in [1.165, 1.54) is 17.7 Å². The molecule has 0 amide bonds. The molecule has 0 saturated carbocycles. The molecule has 0 spiro atoms. The monoisotopic (exact) mass is 490 g/mol. The topological polar surface area (TPSA) is 111 Å². The molecule has 1 atom stereocenters. The standard InChI is InChI=1S/C26H26N4O6/c1-5-35-19-9-7-6-8-17(19)24-23-22-20(25(31)28(4)26(32)27(22)3)21(29(23)12-13-36-24)16-11-10-15(2)18(14-16)30(33)34/h6-11,14,24H,5,12-13H2,1-4H3/t24-/m1/s1. The van der Waals surface area contributed by atoms with E-state index < -0.39 is 22.3 Å². The zero-order valence-electron chi connectivity index (χ0n) is 20.5. The summed E-state index contributed by atoms with van der Waals surface area (Å²) < 4.78 is 16.6. The molecule has 1 aliphatic rings. The molecule has 2 aromatic carbocycles. The Balaban J connectivity index is 1.92. The van der Waals surface area contributed by atoms with Crippen molar-refractivity contribution in [2.45, 2.75) is 26.5 Å². The van der Waals surface area contributed by atoms with Crippen molar-refractivity contribution in [3.05, 3.63) is 90.2 Å². The summed E-state index contributed by atoms with van der Waals surface area (Å²) in [7, 11) is 3.05. The molecule has 2 aromatic heterocycles. The summed E-state index contributed by atoms with van der Waals surface area (Å²) in [6, 6.07) is 12.4. The molecule has 36 heavy (non-hydrogen) atoms. The van der Waals surface area contributed by atoms with Crippen molar-refractivity contribution >= 4 is 16.6 Å². The molecule has 0 unspecified atom stereocenters. The maximum atomic E-state index is 13.5. The molecule has 3 heterocycles. The van der Waals surface area contributed by atoms with Crippen LogP contribution < -0.4 is 16.0 Å². The smallest absolute Gasteiger partial charge is 0.331 e. The number of benzene rings is 2. The minimum Gasteiger partial charge on any atom is -0.493 e. The van der Waals surface area contributed by atoms with Gasteiger partial charge >= 0.3 is 5.69 Å². The Morgan fingerprint density at radius 3 is 2.61 bits per heavy atom.